The van der Waals surface area contributed by atoms with Gasteiger partial charge < -0.3 is 5.32 Å². The van der Waals surface area contributed by atoms with Gasteiger partial charge in [-0.1, -0.05) is 13.8 Å². The summed E-state index contributed by atoms with van der Waals surface area (Å²) in [6.07, 6.45) is 5.09. The number of aromatic nitrogens is 1. The van der Waals surface area contributed by atoms with E-state index in [-0.39, 0.29) is 0 Å². The first kappa shape index (κ1) is 13.5. The third kappa shape index (κ3) is 4.39. The monoisotopic (exact) mass is 247 g/mol. The molecule has 1 atom stereocenters. The largest absolute Gasteiger partial charge is 0.316 e. The smallest absolute Gasteiger partial charge is 0.0271 e. The summed E-state index contributed by atoms with van der Waals surface area (Å²) in [6, 6.07) is 4.23. The van der Waals surface area contributed by atoms with Gasteiger partial charge in [-0.05, 0) is 55.6 Å². The molecule has 1 aromatic rings. The molecule has 1 N–H and O–H groups in total. The fourth-order valence-electron chi connectivity index (χ4n) is 2.55. The summed E-state index contributed by atoms with van der Waals surface area (Å²) in [5.74, 6) is 1.57. The van der Waals surface area contributed by atoms with Crippen LogP contribution in [0.1, 0.15) is 25.8 Å². The van der Waals surface area contributed by atoms with E-state index in [0.29, 0.717) is 0 Å². The Morgan fingerprint density at radius 3 is 2.89 bits per heavy atom. The van der Waals surface area contributed by atoms with Crippen LogP contribution in [0.5, 0.6) is 0 Å². The van der Waals surface area contributed by atoms with Crippen molar-refractivity contribution in [1.29, 1.82) is 0 Å². The van der Waals surface area contributed by atoms with Crippen LogP contribution >= 0.6 is 0 Å². The number of hydrogen-bond acceptors (Lipinski definition) is 3. The second-order valence-corrected chi connectivity index (χ2v) is 5.80. The number of nitrogens with zero attached hydrogens (tertiary/aromatic N) is 2. The number of hydrogen-bond donors (Lipinski definition) is 1. The first-order chi connectivity index (χ1) is 8.74. The zero-order chi connectivity index (χ0) is 12.8. The molecule has 1 unspecified atom stereocenters. The van der Waals surface area contributed by atoms with E-state index in [0.717, 1.165) is 24.9 Å². The predicted molar refractivity (Wildman–Crippen MR) is 75.3 cm³/mol. The summed E-state index contributed by atoms with van der Waals surface area (Å²) in [5.41, 5.74) is 1.38. The molecule has 1 aliphatic rings. The van der Waals surface area contributed by atoms with Gasteiger partial charge in [-0.15, -0.1) is 0 Å². The summed E-state index contributed by atoms with van der Waals surface area (Å²) in [5, 5.41) is 3.57. The highest BCUT2D eigenvalue weighted by molar-refractivity contribution is 5.09. The van der Waals surface area contributed by atoms with Crippen LogP contribution in [0.15, 0.2) is 24.5 Å². The minimum Gasteiger partial charge on any atom is -0.316 e. The molecule has 3 heteroatoms. The normalized spacial score (nSPS) is 20.7. The molecular weight excluding hydrogens is 222 g/mol. The van der Waals surface area contributed by atoms with Crippen molar-refractivity contribution in [2.45, 2.75) is 26.8 Å². The van der Waals surface area contributed by atoms with Crippen molar-refractivity contribution < 1.29 is 0 Å². The molecule has 0 bridgehead atoms. The second-order valence-electron chi connectivity index (χ2n) is 5.80. The summed E-state index contributed by atoms with van der Waals surface area (Å²) < 4.78 is 0. The Morgan fingerprint density at radius 2 is 2.17 bits per heavy atom. The molecule has 0 amide bonds. The molecule has 2 heterocycles. The van der Waals surface area contributed by atoms with Crippen LogP contribution < -0.4 is 5.32 Å². The van der Waals surface area contributed by atoms with Crippen LogP contribution in [0.25, 0.3) is 0 Å². The molecule has 3 nitrogen and oxygen atoms in total. The quantitative estimate of drug-likeness (QED) is 0.835. The molecule has 1 fully saturated rings. The molecule has 0 aromatic carbocycles. The number of rotatable bonds is 6. The van der Waals surface area contributed by atoms with Gasteiger partial charge in [0, 0.05) is 25.5 Å². The van der Waals surface area contributed by atoms with Crippen molar-refractivity contribution in [2.24, 2.45) is 11.8 Å². The molecular formula is C15H25N3. The van der Waals surface area contributed by atoms with Gasteiger partial charge in [0.25, 0.3) is 0 Å². The topological polar surface area (TPSA) is 28.2 Å². The average Bonchev–Trinajstić information content (AvgIpc) is 2.78. The minimum atomic E-state index is 0.749. The van der Waals surface area contributed by atoms with Gasteiger partial charge >= 0.3 is 0 Å². The van der Waals surface area contributed by atoms with Gasteiger partial charge in [-0.25, -0.2) is 0 Å². The van der Waals surface area contributed by atoms with Crippen molar-refractivity contribution >= 4 is 0 Å². The number of pyridine rings is 1. The van der Waals surface area contributed by atoms with Crippen molar-refractivity contribution in [3.8, 4) is 0 Å². The van der Waals surface area contributed by atoms with Gasteiger partial charge in [0.05, 0.1) is 0 Å². The molecule has 1 saturated heterocycles. The SMILES string of the molecule is CC(C)CNCC1CCN(Cc2ccncc2)C1. The van der Waals surface area contributed by atoms with Gasteiger partial charge in [0.2, 0.25) is 0 Å². The number of nitrogens with one attached hydrogen (secondary N) is 1. The van der Waals surface area contributed by atoms with E-state index in [9.17, 15) is 0 Å². The first-order valence-corrected chi connectivity index (χ1v) is 7.06. The zero-order valence-electron chi connectivity index (χ0n) is 11.6. The lowest BCUT2D eigenvalue weighted by Gasteiger charge is -2.16. The zero-order valence-corrected chi connectivity index (χ0v) is 11.6. The molecule has 0 spiro atoms. The Kier molecular flexibility index (Phi) is 5.14. The molecule has 18 heavy (non-hydrogen) atoms. The summed E-state index contributed by atoms with van der Waals surface area (Å²) in [6.45, 7) is 10.4. The maximum Gasteiger partial charge on any atom is 0.0271 e. The highest BCUT2D eigenvalue weighted by Gasteiger charge is 2.21. The molecule has 2 rings (SSSR count). The molecule has 1 aromatic heterocycles. The third-order valence-electron chi connectivity index (χ3n) is 3.51. The van der Waals surface area contributed by atoms with E-state index in [1.165, 1.54) is 31.6 Å². The highest BCUT2D eigenvalue weighted by atomic mass is 15.1. The van der Waals surface area contributed by atoms with Crippen molar-refractivity contribution in [2.75, 3.05) is 26.2 Å². The van der Waals surface area contributed by atoms with Crippen molar-refractivity contribution in [3.05, 3.63) is 30.1 Å². The maximum atomic E-state index is 4.06. The Bertz CT molecular complexity index is 337. The Labute approximate surface area is 111 Å². The Balaban J connectivity index is 1.69. The van der Waals surface area contributed by atoms with Crippen molar-refractivity contribution in [3.63, 3.8) is 0 Å². The Hall–Kier alpha value is -0.930. The lowest BCUT2D eigenvalue weighted by Crippen LogP contribution is -2.28. The van der Waals surface area contributed by atoms with Crippen LogP contribution in [0.4, 0.5) is 0 Å². The van der Waals surface area contributed by atoms with Gasteiger partial charge in [-0.2, -0.15) is 0 Å². The van der Waals surface area contributed by atoms with E-state index in [1.54, 1.807) is 0 Å². The van der Waals surface area contributed by atoms with Gasteiger partial charge in [0.1, 0.15) is 0 Å². The lowest BCUT2D eigenvalue weighted by molar-refractivity contribution is 0.313. The molecule has 100 valence electrons. The fourth-order valence-corrected chi connectivity index (χ4v) is 2.55. The van der Waals surface area contributed by atoms with E-state index < -0.39 is 0 Å². The first-order valence-electron chi connectivity index (χ1n) is 7.06. The Morgan fingerprint density at radius 1 is 1.39 bits per heavy atom. The standard InChI is InChI=1S/C15H25N3/c1-13(2)9-17-10-15-5-8-18(12-15)11-14-3-6-16-7-4-14/h3-4,6-7,13,15,17H,5,8-12H2,1-2H3. The third-order valence-corrected chi connectivity index (χ3v) is 3.51. The van der Waals surface area contributed by atoms with Crippen LogP contribution in [0.2, 0.25) is 0 Å². The minimum absolute atomic E-state index is 0.749. The van der Waals surface area contributed by atoms with E-state index >= 15 is 0 Å². The molecule has 0 saturated carbocycles. The molecule has 0 aliphatic carbocycles. The summed E-state index contributed by atoms with van der Waals surface area (Å²) in [4.78, 5) is 6.62. The average molecular weight is 247 g/mol. The van der Waals surface area contributed by atoms with E-state index in [4.69, 9.17) is 0 Å². The van der Waals surface area contributed by atoms with Crippen LogP contribution in [-0.4, -0.2) is 36.1 Å². The predicted octanol–water partition coefficient (Wildman–Crippen LogP) is 2.15. The van der Waals surface area contributed by atoms with E-state index in [2.05, 4.69) is 41.2 Å². The van der Waals surface area contributed by atoms with Crippen molar-refractivity contribution in [1.82, 2.24) is 15.2 Å². The molecule has 1 aliphatic heterocycles. The lowest BCUT2D eigenvalue weighted by atomic mass is 10.1. The fraction of sp³-hybridized carbons (Fsp3) is 0.667. The maximum absolute atomic E-state index is 4.06. The van der Waals surface area contributed by atoms with Gasteiger partial charge in [-0.3, -0.25) is 9.88 Å². The summed E-state index contributed by atoms with van der Waals surface area (Å²) in [7, 11) is 0. The van der Waals surface area contributed by atoms with Crippen LogP contribution in [-0.2, 0) is 6.54 Å². The van der Waals surface area contributed by atoms with Crippen LogP contribution in [0, 0.1) is 11.8 Å². The highest BCUT2D eigenvalue weighted by Crippen LogP contribution is 2.17. The van der Waals surface area contributed by atoms with Gasteiger partial charge in [0.15, 0.2) is 0 Å². The number of likely N-dealkylation sites (tertiary alicyclic amines) is 1. The second kappa shape index (κ2) is 6.86. The molecule has 0 radical (unpaired) electrons. The van der Waals surface area contributed by atoms with E-state index in [1.807, 2.05) is 12.4 Å². The van der Waals surface area contributed by atoms with Crippen LogP contribution in [0.3, 0.4) is 0 Å². The summed E-state index contributed by atoms with van der Waals surface area (Å²) >= 11 is 0.